The Balaban J connectivity index is 2.15. The van der Waals surface area contributed by atoms with Crippen molar-refractivity contribution in [2.75, 3.05) is 0 Å². The molecular formula is C12H11Cl2NO3S2. The number of nitrogens with one attached hydrogen (secondary N) is 1. The van der Waals surface area contributed by atoms with Gasteiger partial charge in [0.25, 0.3) is 0 Å². The van der Waals surface area contributed by atoms with Crippen molar-refractivity contribution in [1.29, 1.82) is 0 Å². The van der Waals surface area contributed by atoms with E-state index in [0.717, 1.165) is 22.5 Å². The van der Waals surface area contributed by atoms with Crippen LogP contribution in [0.15, 0.2) is 35.2 Å². The van der Waals surface area contributed by atoms with Crippen LogP contribution in [-0.2, 0) is 23.2 Å². The third-order valence-corrected chi connectivity index (χ3v) is 5.71. The molecule has 1 aromatic carbocycles. The van der Waals surface area contributed by atoms with Gasteiger partial charge in [-0.15, -0.1) is 11.3 Å². The minimum absolute atomic E-state index is 0.0209. The van der Waals surface area contributed by atoms with Crippen LogP contribution in [0.2, 0.25) is 8.67 Å². The second kappa shape index (κ2) is 6.43. The summed E-state index contributed by atoms with van der Waals surface area (Å²) in [7, 11) is -3.71. The zero-order valence-corrected chi connectivity index (χ0v) is 13.3. The summed E-state index contributed by atoms with van der Waals surface area (Å²) in [4.78, 5) is -0.0209. The first kappa shape index (κ1) is 15.8. The van der Waals surface area contributed by atoms with Gasteiger partial charge < -0.3 is 5.11 Å². The molecule has 4 nitrogen and oxygen atoms in total. The summed E-state index contributed by atoms with van der Waals surface area (Å²) in [6.45, 7) is 0.0204. The van der Waals surface area contributed by atoms with Gasteiger partial charge in [-0.25, -0.2) is 13.1 Å². The molecule has 8 heteroatoms. The summed E-state index contributed by atoms with van der Waals surface area (Å²) < 4.78 is 27.1. The lowest BCUT2D eigenvalue weighted by Gasteiger charge is -2.07. The largest absolute Gasteiger partial charge is 0.392 e. The first-order valence-electron chi connectivity index (χ1n) is 5.55. The molecule has 0 saturated heterocycles. The average molecular weight is 352 g/mol. The number of hydrogen-bond acceptors (Lipinski definition) is 4. The number of rotatable bonds is 5. The van der Waals surface area contributed by atoms with Crippen molar-refractivity contribution in [2.45, 2.75) is 18.0 Å². The molecule has 0 aliphatic carbocycles. The van der Waals surface area contributed by atoms with Gasteiger partial charge in [-0.3, -0.25) is 0 Å². The van der Waals surface area contributed by atoms with Gasteiger partial charge in [0.1, 0.15) is 9.23 Å². The number of benzene rings is 1. The number of hydrogen-bond donors (Lipinski definition) is 2. The van der Waals surface area contributed by atoms with E-state index in [1.165, 1.54) is 6.07 Å². The number of thiophene rings is 1. The molecule has 0 aliphatic heterocycles. The van der Waals surface area contributed by atoms with Crippen LogP contribution < -0.4 is 4.72 Å². The summed E-state index contributed by atoms with van der Waals surface area (Å²) in [5, 5.41) is 9.04. The Labute approximate surface area is 131 Å². The van der Waals surface area contributed by atoms with Crippen LogP contribution in [0, 0.1) is 0 Å². The number of halogens is 2. The van der Waals surface area contributed by atoms with E-state index in [1.807, 2.05) is 0 Å². The fraction of sp³-hybridized carbons (Fsp3) is 0.167. The van der Waals surface area contributed by atoms with Crippen molar-refractivity contribution in [2.24, 2.45) is 0 Å². The predicted molar refractivity (Wildman–Crippen MR) is 80.7 cm³/mol. The van der Waals surface area contributed by atoms with Gasteiger partial charge in [0.2, 0.25) is 10.0 Å². The smallest absolute Gasteiger partial charge is 0.243 e. The van der Waals surface area contributed by atoms with Crippen molar-refractivity contribution in [3.8, 4) is 0 Å². The maximum atomic E-state index is 12.1. The molecule has 0 saturated carbocycles. The topological polar surface area (TPSA) is 66.4 Å². The van der Waals surface area contributed by atoms with E-state index in [-0.39, 0.29) is 22.4 Å². The molecule has 0 unspecified atom stereocenters. The minimum atomic E-state index is -3.71. The SMILES string of the molecule is O=S(=O)(NCc1cccc(CO)c1)c1cc(Cl)sc1Cl. The lowest BCUT2D eigenvalue weighted by molar-refractivity contribution is 0.281. The van der Waals surface area contributed by atoms with Crippen LogP contribution in [0.1, 0.15) is 11.1 Å². The molecule has 0 fully saturated rings. The maximum Gasteiger partial charge on any atom is 0.243 e. The third kappa shape index (κ3) is 3.72. The second-order valence-corrected chi connectivity index (χ2v) is 8.01. The number of sulfonamides is 1. The van der Waals surface area contributed by atoms with E-state index in [0.29, 0.717) is 4.34 Å². The van der Waals surface area contributed by atoms with Gasteiger partial charge in [0.15, 0.2) is 0 Å². The highest BCUT2D eigenvalue weighted by atomic mass is 35.5. The molecule has 0 radical (unpaired) electrons. The summed E-state index contributed by atoms with van der Waals surface area (Å²) in [5.74, 6) is 0. The minimum Gasteiger partial charge on any atom is -0.392 e. The Morgan fingerprint density at radius 3 is 2.50 bits per heavy atom. The average Bonchev–Trinajstić information content (AvgIpc) is 2.77. The molecular weight excluding hydrogens is 341 g/mol. The van der Waals surface area contributed by atoms with Crippen molar-refractivity contribution in [1.82, 2.24) is 4.72 Å². The molecule has 20 heavy (non-hydrogen) atoms. The molecule has 0 aliphatic rings. The van der Waals surface area contributed by atoms with Gasteiger partial charge in [-0.05, 0) is 17.2 Å². The fourth-order valence-electron chi connectivity index (χ4n) is 1.60. The van der Waals surface area contributed by atoms with Gasteiger partial charge in [-0.2, -0.15) is 0 Å². The third-order valence-electron chi connectivity index (χ3n) is 2.56. The van der Waals surface area contributed by atoms with E-state index in [2.05, 4.69) is 4.72 Å². The molecule has 2 N–H and O–H groups in total. The highest BCUT2D eigenvalue weighted by Crippen LogP contribution is 2.34. The highest BCUT2D eigenvalue weighted by molar-refractivity contribution is 7.89. The Morgan fingerprint density at radius 2 is 1.90 bits per heavy atom. The van der Waals surface area contributed by atoms with E-state index < -0.39 is 10.0 Å². The van der Waals surface area contributed by atoms with Crippen LogP contribution in [0.3, 0.4) is 0 Å². The first-order valence-corrected chi connectivity index (χ1v) is 8.61. The van der Waals surface area contributed by atoms with E-state index in [1.54, 1.807) is 24.3 Å². The molecule has 1 heterocycles. The van der Waals surface area contributed by atoms with Crippen molar-refractivity contribution in [3.05, 3.63) is 50.1 Å². The van der Waals surface area contributed by atoms with Crippen LogP contribution in [0.5, 0.6) is 0 Å². The van der Waals surface area contributed by atoms with E-state index in [9.17, 15) is 8.42 Å². The lowest BCUT2D eigenvalue weighted by Crippen LogP contribution is -2.23. The Hall–Kier alpha value is -0.630. The highest BCUT2D eigenvalue weighted by Gasteiger charge is 2.20. The Bertz CT molecular complexity index is 713. The van der Waals surface area contributed by atoms with E-state index in [4.69, 9.17) is 28.3 Å². The first-order chi connectivity index (χ1) is 9.42. The quantitative estimate of drug-likeness (QED) is 0.869. The van der Waals surface area contributed by atoms with Crippen LogP contribution in [-0.4, -0.2) is 13.5 Å². The molecule has 0 spiro atoms. The van der Waals surface area contributed by atoms with Crippen LogP contribution in [0.25, 0.3) is 0 Å². The lowest BCUT2D eigenvalue weighted by atomic mass is 10.1. The standard InChI is InChI=1S/C12H11Cl2NO3S2/c13-11-5-10(12(14)19-11)20(17,18)15-6-8-2-1-3-9(4-8)7-16/h1-5,15-16H,6-7H2. The van der Waals surface area contributed by atoms with Gasteiger partial charge in [0.05, 0.1) is 10.9 Å². The predicted octanol–water partition coefficient (Wildman–Crippen LogP) is 3.03. The zero-order valence-electron chi connectivity index (χ0n) is 10.1. The van der Waals surface area contributed by atoms with Crippen molar-refractivity contribution >= 4 is 44.6 Å². The van der Waals surface area contributed by atoms with Crippen LogP contribution in [0.4, 0.5) is 0 Å². The fourth-order valence-corrected chi connectivity index (χ4v) is 4.77. The van der Waals surface area contributed by atoms with Crippen molar-refractivity contribution in [3.63, 3.8) is 0 Å². The molecule has 108 valence electrons. The van der Waals surface area contributed by atoms with Gasteiger partial charge in [0, 0.05) is 6.54 Å². The normalized spacial score (nSPS) is 11.8. The molecule has 2 aromatic rings. The molecule has 0 amide bonds. The Morgan fingerprint density at radius 1 is 1.20 bits per heavy atom. The van der Waals surface area contributed by atoms with E-state index >= 15 is 0 Å². The molecule has 2 rings (SSSR count). The van der Waals surface area contributed by atoms with Crippen LogP contribution >= 0.6 is 34.5 Å². The second-order valence-electron chi connectivity index (χ2n) is 3.99. The maximum absolute atomic E-state index is 12.1. The number of aliphatic hydroxyl groups excluding tert-OH is 1. The van der Waals surface area contributed by atoms with Gasteiger partial charge in [-0.1, -0.05) is 47.5 Å². The summed E-state index contributed by atoms with van der Waals surface area (Å²) >= 11 is 12.6. The summed E-state index contributed by atoms with van der Waals surface area (Å²) in [6, 6.07) is 8.33. The zero-order chi connectivity index (χ0) is 14.8. The number of aliphatic hydroxyl groups is 1. The summed E-state index contributed by atoms with van der Waals surface area (Å²) in [5.41, 5.74) is 1.47. The monoisotopic (exact) mass is 351 g/mol. The van der Waals surface area contributed by atoms with Crippen molar-refractivity contribution < 1.29 is 13.5 Å². The summed E-state index contributed by atoms with van der Waals surface area (Å²) in [6.07, 6.45) is 0. The molecule has 0 atom stereocenters. The molecule has 1 aromatic heterocycles. The Kier molecular flexibility index (Phi) is 5.06. The molecule has 0 bridgehead atoms. The van der Waals surface area contributed by atoms with Gasteiger partial charge >= 0.3 is 0 Å².